The van der Waals surface area contributed by atoms with Crippen molar-refractivity contribution in [2.75, 3.05) is 0 Å². The summed E-state index contributed by atoms with van der Waals surface area (Å²) >= 11 is 1.53. The fraction of sp³-hybridized carbons (Fsp3) is 0.545. The van der Waals surface area contributed by atoms with E-state index >= 15 is 0 Å². The van der Waals surface area contributed by atoms with Gasteiger partial charge in [-0.1, -0.05) is 23.8 Å². The Bertz CT molecular complexity index is 523. The molecule has 0 aliphatic rings. The summed E-state index contributed by atoms with van der Waals surface area (Å²) in [4.78, 5) is 8.55. The molecule has 0 saturated carbocycles. The van der Waals surface area contributed by atoms with Crippen molar-refractivity contribution in [3.8, 4) is 0 Å². The molecular weight excluding hydrogens is 252 g/mol. The molecule has 7 heteroatoms. The number of aliphatic hydroxyl groups excluding tert-OH is 1. The first-order valence-corrected chi connectivity index (χ1v) is 6.64. The van der Waals surface area contributed by atoms with Crippen molar-refractivity contribution in [2.45, 2.75) is 37.3 Å². The Hall–Kier alpha value is -1.34. The van der Waals surface area contributed by atoms with Crippen LogP contribution < -0.4 is 0 Å². The van der Waals surface area contributed by atoms with Gasteiger partial charge in [0.2, 0.25) is 5.89 Å². The highest BCUT2D eigenvalue weighted by Gasteiger charge is 2.18. The second kappa shape index (κ2) is 5.53. The number of imidazole rings is 1. The lowest BCUT2D eigenvalue weighted by molar-refractivity contribution is 0.271. The number of thioether (sulfide) groups is 1. The highest BCUT2D eigenvalue weighted by atomic mass is 32.2. The molecule has 18 heavy (non-hydrogen) atoms. The Balaban J connectivity index is 2.10. The molecule has 0 spiro atoms. The van der Waals surface area contributed by atoms with Crippen molar-refractivity contribution in [3.63, 3.8) is 0 Å². The summed E-state index contributed by atoms with van der Waals surface area (Å²) in [6.45, 7) is 3.96. The molecule has 1 atom stereocenters. The summed E-state index contributed by atoms with van der Waals surface area (Å²) in [5.74, 6) is 1.32. The van der Waals surface area contributed by atoms with Gasteiger partial charge in [-0.2, -0.15) is 4.98 Å². The average Bonchev–Trinajstić information content (AvgIpc) is 2.97. The van der Waals surface area contributed by atoms with Crippen LogP contribution in [0.4, 0.5) is 0 Å². The number of aromatic nitrogens is 4. The Labute approximate surface area is 109 Å². The maximum atomic E-state index is 9.11. The quantitative estimate of drug-likeness (QED) is 0.832. The van der Waals surface area contributed by atoms with E-state index in [1.807, 2.05) is 25.5 Å². The SMILES string of the molecule is CCc1noc(C(C)Sc2ncc(CO)n2C)n1. The minimum absolute atomic E-state index is 0.0149. The van der Waals surface area contributed by atoms with Gasteiger partial charge in [-0.05, 0) is 6.92 Å². The van der Waals surface area contributed by atoms with E-state index < -0.39 is 0 Å². The van der Waals surface area contributed by atoms with Crippen LogP contribution in [0.3, 0.4) is 0 Å². The van der Waals surface area contributed by atoms with Crippen LogP contribution in [0.5, 0.6) is 0 Å². The van der Waals surface area contributed by atoms with E-state index in [9.17, 15) is 0 Å². The topological polar surface area (TPSA) is 77.0 Å². The molecule has 98 valence electrons. The van der Waals surface area contributed by atoms with Crippen molar-refractivity contribution >= 4 is 11.8 Å². The third-order valence-electron chi connectivity index (χ3n) is 2.63. The van der Waals surface area contributed by atoms with Crippen molar-refractivity contribution in [1.82, 2.24) is 19.7 Å². The normalized spacial score (nSPS) is 12.9. The Kier molecular flexibility index (Phi) is 4.03. The smallest absolute Gasteiger partial charge is 0.239 e. The molecule has 2 aromatic rings. The van der Waals surface area contributed by atoms with E-state index in [0.717, 1.165) is 17.3 Å². The second-order valence-corrected chi connectivity index (χ2v) is 5.22. The Morgan fingerprint density at radius 1 is 1.56 bits per heavy atom. The largest absolute Gasteiger partial charge is 0.390 e. The summed E-state index contributed by atoms with van der Waals surface area (Å²) in [7, 11) is 1.87. The third-order valence-corrected chi connectivity index (χ3v) is 3.78. The molecule has 0 amide bonds. The van der Waals surface area contributed by atoms with E-state index in [-0.39, 0.29) is 11.9 Å². The highest BCUT2D eigenvalue weighted by molar-refractivity contribution is 7.99. The minimum Gasteiger partial charge on any atom is -0.390 e. The molecule has 0 radical (unpaired) electrons. The molecule has 2 rings (SSSR count). The first kappa shape index (κ1) is 13.1. The predicted molar refractivity (Wildman–Crippen MR) is 67.1 cm³/mol. The van der Waals surface area contributed by atoms with Crippen molar-refractivity contribution in [3.05, 3.63) is 23.6 Å². The van der Waals surface area contributed by atoms with Gasteiger partial charge in [-0.3, -0.25) is 0 Å². The van der Waals surface area contributed by atoms with Crippen molar-refractivity contribution in [1.29, 1.82) is 0 Å². The Morgan fingerprint density at radius 2 is 2.33 bits per heavy atom. The number of aliphatic hydroxyl groups is 1. The van der Waals surface area contributed by atoms with Crippen LogP contribution in [0, 0.1) is 0 Å². The zero-order valence-electron chi connectivity index (χ0n) is 10.6. The van der Waals surface area contributed by atoms with E-state index in [4.69, 9.17) is 9.63 Å². The van der Waals surface area contributed by atoms with E-state index in [1.54, 1.807) is 6.20 Å². The zero-order chi connectivity index (χ0) is 13.1. The van der Waals surface area contributed by atoms with Crippen LogP contribution >= 0.6 is 11.8 Å². The van der Waals surface area contributed by atoms with Gasteiger partial charge < -0.3 is 14.2 Å². The maximum Gasteiger partial charge on any atom is 0.239 e. The third kappa shape index (κ3) is 2.56. The average molecular weight is 268 g/mol. The minimum atomic E-state index is -0.0149. The first-order chi connectivity index (χ1) is 8.65. The number of rotatable bonds is 5. The number of hydrogen-bond donors (Lipinski definition) is 1. The van der Waals surface area contributed by atoms with Crippen LogP contribution in [0.25, 0.3) is 0 Å². The zero-order valence-corrected chi connectivity index (χ0v) is 11.4. The monoisotopic (exact) mass is 268 g/mol. The maximum absolute atomic E-state index is 9.11. The van der Waals surface area contributed by atoms with E-state index in [2.05, 4.69) is 15.1 Å². The van der Waals surface area contributed by atoms with Gasteiger partial charge in [0.15, 0.2) is 11.0 Å². The molecule has 2 aromatic heterocycles. The van der Waals surface area contributed by atoms with Crippen LogP contribution in [-0.2, 0) is 20.1 Å². The molecule has 0 saturated heterocycles. The predicted octanol–water partition coefficient (Wildman–Crippen LogP) is 1.71. The standard InChI is InChI=1S/C11H16N4O2S/c1-4-9-13-10(17-14-9)7(2)18-11-12-5-8(6-16)15(11)3/h5,7,16H,4,6H2,1-3H3. The van der Waals surface area contributed by atoms with Crippen molar-refractivity contribution in [2.24, 2.45) is 7.05 Å². The molecular formula is C11H16N4O2S. The van der Waals surface area contributed by atoms with Crippen LogP contribution in [0.2, 0.25) is 0 Å². The molecule has 0 aliphatic heterocycles. The molecule has 0 bridgehead atoms. The summed E-state index contributed by atoms with van der Waals surface area (Å²) in [6, 6.07) is 0. The van der Waals surface area contributed by atoms with Crippen molar-refractivity contribution < 1.29 is 9.63 Å². The van der Waals surface area contributed by atoms with Gasteiger partial charge in [-0.25, -0.2) is 4.98 Å². The lowest BCUT2D eigenvalue weighted by atomic mass is 10.4. The van der Waals surface area contributed by atoms with Gasteiger partial charge in [-0.15, -0.1) is 0 Å². The second-order valence-electron chi connectivity index (χ2n) is 3.91. The summed E-state index contributed by atoms with van der Waals surface area (Å²) in [6.07, 6.45) is 2.43. The van der Waals surface area contributed by atoms with Gasteiger partial charge >= 0.3 is 0 Å². The summed E-state index contributed by atoms with van der Waals surface area (Å²) < 4.78 is 7.05. The number of nitrogens with zero attached hydrogens (tertiary/aromatic N) is 4. The highest BCUT2D eigenvalue weighted by Crippen LogP contribution is 2.33. The van der Waals surface area contributed by atoms with Crippen LogP contribution in [0.1, 0.15) is 36.5 Å². The van der Waals surface area contributed by atoms with E-state index in [0.29, 0.717) is 11.7 Å². The fourth-order valence-corrected chi connectivity index (χ4v) is 2.37. The lowest BCUT2D eigenvalue weighted by Crippen LogP contribution is -1.99. The Morgan fingerprint density at radius 3 is 2.89 bits per heavy atom. The molecule has 0 aromatic carbocycles. The molecule has 0 fully saturated rings. The van der Waals surface area contributed by atoms with E-state index in [1.165, 1.54) is 11.8 Å². The number of hydrogen-bond acceptors (Lipinski definition) is 6. The van der Waals surface area contributed by atoms with Crippen LogP contribution in [0.15, 0.2) is 15.9 Å². The lowest BCUT2D eigenvalue weighted by Gasteiger charge is -2.07. The van der Waals surface area contributed by atoms with Crippen LogP contribution in [-0.4, -0.2) is 24.8 Å². The van der Waals surface area contributed by atoms with Gasteiger partial charge in [0.1, 0.15) is 0 Å². The molecule has 2 heterocycles. The summed E-state index contributed by atoms with van der Waals surface area (Å²) in [5.41, 5.74) is 0.782. The number of aryl methyl sites for hydroxylation is 1. The van der Waals surface area contributed by atoms with Gasteiger partial charge in [0.05, 0.1) is 23.7 Å². The first-order valence-electron chi connectivity index (χ1n) is 5.76. The fourth-order valence-electron chi connectivity index (χ4n) is 1.47. The van der Waals surface area contributed by atoms with Gasteiger partial charge in [0.25, 0.3) is 0 Å². The molecule has 1 unspecified atom stereocenters. The molecule has 0 aliphatic carbocycles. The molecule has 6 nitrogen and oxygen atoms in total. The summed E-state index contributed by atoms with van der Waals surface area (Å²) in [5, 5.41) is 13.8. The molecule has 1 N–H and O–H groups in total. The van der Waals surface area contributed by atoms with Gasteiger partial charge in [0, 0.05) is 13.5 Å².